The maximum atomic E-state index is 4.52. The second-order valence-electron chi connectivity index (χ2n) is 6.04. The third-order valence-corrected chi connectivity index (χ3v) is 5.20. The molecule has 1 heterocycles. The molecule has 0 bridgehead atoms. The van der Waals surface area contributed by atoms with Crippen molar-refractivity contribution in [1.82, 2.24) is 9.97 Å². The van der Waals surface area contributed by atoms with E-state index in [1.807, 2.05) is 11.8 Å². The summed E-state index contributed by atoms with van der Waals surface area (Å²) in [6, 6.07) is 0.540. The molecule has 1 aliphatic carbocycles. The molecule has 118 valence electrons. The van der Waals surface area contributed by atoms with Crippen molar-refractivity contribution < 1.29 is 0 Å². The monoisotopic (exact) mass is 308 g/mol. The summed E-state index contributed by atoms with van der Waals surface area (Å²) in [6.07, 6.45) is 9.03. The molecule has 1 aliphatic rings. The quantitative estimate of drug-likeness (QED) is 0.828. The van der Waals surface area contributed by atoms with Gasteiger partial charge in [0.25, 0.3) is 0 Å². The Morgan fingerprint density at radius 1 is 1.29 bits per heavy atom. The first kappa shape index (κ1) is 16.4. The second-order valence-corrected chi connectivity index (χ2v) is 7.17. The van der Waals surface area contributed by atoms with Crippen molar-refractivity contribution in [3.05, 3.63) is 11.9 Å². The van der Waals surface area contributed by atoms with Crippen molar-refractivity contribution in [2.75, 3.05) is 23.4 Å². The molecule has 21 heavy (non-hydrogen) atoms. The highest BCUT2D eigenvalue weighted by molar-refractivity contribution is 7.99. The van der Waals surface area contributed by atoms with E-state index in [1.165, 1.54) is 31.2 Å². The van der Waals surface area contributed by atoms with Crippen LogP contribution in [-0.2, 0) is 0 Å². The SMILES string of the molecule is CCNc1ncnc(NC2CCCC(SC)C2)c1C(C)C. The van der Waals surface area contributed by atoms with Gasteiger partial charge in [-0.25, -0.2) is 9.97 Å². The van der Waals surface area contributed by atoms with E-state index in [4.69, 9.17) is 0 Å². The summed E-state index contributed by atoms with van der Waals surface area (Å²) in [4.78, 5) is 8.93. The molecule has 1 aromatic rings. The van der Waals surface area contributed by atoms with Crippen LogP contribution in [0.5, 0.6) is 0 Å². The molecule has 2 atom stereocenters. The lowest BCUT2D eigenvalue weighted by atomic mass is 9.94. The fourth-order valence-electron chi connectivity index (χ4n) is 3.05. The van der Waals surface area contributed by atoms with E-state index in [0.717, 1.165) is 23.4 Å². The molecule has 0 spiro atoms. The van der Waals surface area contributed by atoms with Crippen molar-refractivity contribution in [2.24, 2.45) is 0 Å². The van der Waals surface area contributed by atoms with Crippen LogP contribution < -0.4 is 10.6 Å². The summed E-state index contributed by atoms with van der Waals surface area (Å²) in [5, 5.41) is 7.84. The van der Waals surface area contributed by atoms with Crippen LogP contribution in [0.1, 0.15) is 57.9 Å². The first-order valence-corrected chi connectivity index (χ1v) is 9.32. The summed E-state index contributed by atoms with van der Waals surface area (Å²) >= 11 is 2.00. The first-order chi connectivity index (χ1) is 10.2. The van der Waals surface area contributed by atoms with Crippen LogP contribution in [0.3, 0.4) is 0 Å². The van der Waals surface area contributed by atoms with Gasteiger partial charge in [-0.2, -0.15) is 11.8 Å². The van der Waals surface area contributed by atoms with Crippen LogP contribution in [0.2, 0.25) is 0 Å². The molecule has 2 rings (SSSR count). The van der Waals surface area contributed by atoms with Gasteiger partial charge in [-0.15, -0.1) is 0 Å². The van der Waals surface area contributed by atoms with Gasteiger partial charge in [0.15, 0.2) is 0 Å². The Morgan fingerprint density at radius 3 is 2.71 bits per heavy atom. The predicted molar refractivity (Wildman–Crippen MR) is 93.5 cm³/mol. The zero-order chi connectivity index (χ0) is 15.2. The standard InChI is InChI=1S/C16H28N4S/c1-5-17-15-14(11(2)3)16(19-10-18-15)20-12-7-6-8-13(9-12)21-4/h10-13H,5-9H2,1-4H3,(H2,17,18,19,20). The van der Waals surface area contributed by atoms with E-state index in [2.05, 4.69) is 47.6 Å². The Labute approximate surface area is 132 Å². The lowest BCUT2D eigenvalue weighted by Gasteiger charge is -2.30. The summed E-state index contributed by atoms with van der Waals surface area (Å²) in [7, 11) is 0. The normalized spacial score (nSPS) is 22.3. The topological polar surface area (TPSA) is 49.8 Å². The summed E-state index contributed by atoms with van der Waals surface area (Å²) < 4.78 is 0. The summed E-state index contributed by atoms with van der Waals surface area (Å²) in [5.41, 5.74) is 1.21. The fraction of sp³-hybridized carbons (Fsp3) is 0.750. The number of hydrogen-bond acceptors (Lipinski definition) is 5. The molecule has 1 fully saturated rings. The first-order valence-electron chi connectivity index (χ1n) is 8.03. The minimum absolute atomic E-state index is 0.405. The molecular formula is C16H28N4S. The maximum Gasteiger partial charge on any atom is 0.135 e. The Hall–Kier alpha value is -0.970. The average molecular weight is 308 g/mol. The molecule has 1 saturated carbocycles. The number of nitrogens with one attached hydrogen (secondary N) is 2. The van der Waals surface area contributed by atoms with Gasteiger partial charge >= 0.3 is 0 Å². The number of hydrogen-bond donors (Lipinski definition) is 2. The Kier molecular flexibility index (Phi) is 6.15. The van der Waals surface area contributed by atoms with Gasteiger partial charge in [-0.3, -0.25) is 0 Å². The van der Waals surface area contributed by atoms with Crippen LogP contribution in [-0.4, -0.2) is 34.1 Å². The van der Waals surface area contributed by atoms with E-state index in [1.54, 1.807) is 6.33 Å². The molecule has 5 heteroatoms. The maximum absolute atomic E-state index is 4.52. The molecule has 0 amide bonds. The van der Waals surface area contributed by atoms with Crippen LogP contribution in [0.4, 0.5) is 11.6 Å². The second kappa shape index (κ2) is 7.87. The van der Waals surface area contributed by atoms with E-state index < -0.39 is 0 Å². The highest BCUT2D eigenvalue weighted by atomic mass is 32.2. The van der Waals surface area contributed by atoms with Gasteiger partial charge in [0.2, 0.25) is 0 Å². The zero-order valence-electron chi connectivity index (χ0n) is 13.6. The lowest BCUT2D eigenvalue weighted by Crippen LogP contribution is -2.29. The van der Waals surface area contributed by atoms with Crippen molar-refractivity contribution in [3.8, 4) is 0 Å². The third-order valence-electron chi connectivity index (χ3n) is 4.11. The number of anilines is 2. The van der Waals surface area contributed by atoms with Crippen molar-refractivity contribution in [1.29, 1.82) is 0 Å². The fourth-order valence-corrected chi connectivity index (χ4v) is 3.88. The van der Waals surface area contributed by atoms with Crippen LogP contribution in [0.15, 0.2) is 6.33 Å². The number of nitrogens with zero attached hydrogens (tertiary/aromatic N) is 2. The van der Waals surface area contributed by atoms with Gasteiger partial charge in [0, 0.05) is 23.4 Å². The van der Waals surface area contributed by atoms with E-state index in [-0.39, 0.29) is 0 Å². The summed E-state index contributed by atoms with van der Waals surface area (Å²) in [5.74, 6) is 2.40. The van der Waals surface area contributed by atoms with Crippen molar-refractivity contribution >= 4 is 23.4 Å². The Balaban J connectivity index is 2.16. The lowest BCUT2D eigenvalue weighted by molar-refractivity contribution is 0.472. The van der Waals surface area contributed by atoms with Crippen molar-refractivity contribution in [3.63, 3.8) is 0 Å². The molecule has 4 nitrogen and oxygen atoms in total. The van der Waals surface area contributed by atoms with Gasteiger partial charge in [-0.05, 0) is 38.4 Å². The highest BCUT2D eigenvalue weighted by Gasteiger charge is 2.23. The molecule has 1 aromatic heterocycles. The van der Waals surface area contributed by atoms with Gasteiger partial charge in [-0.1, -0.05) is 20.3 Å². The van der Waals surface area contributed by atoms with E-state index >= 15 is 0 Å². The largest absolute Gasteiger partial charge is 0.370 e. The molecule has 2 N–H and O–H groups in total. The van der Waals surface area contributed by atoms with Gasteiger partial charge in [0.1, 0.15) is 18.0 Å². The number of aromatic nitrogens is 2. The third kappa shape index (κ3) is 4.25. The van der Waals surface area contributed by atoms with Crippen LogP contribution >= 0.6 is 11.8 Å². The van der Waals surface area contributed by atoms with Crippen molar-refractivity contribution in [2.45, 2.75) is 63.7 Å². The zero-order valence-corrected chi connectivity index (χ0v) is 14.5. The number of rotatable bonds is 6. The highest BCUT2D eigenvalue weighted by Crippen LogP contribution is 2.32. The molecule has 0 aromatic carbocycles. The smallest absolute Gasteiger partial charge is 0.135 e. The van der Waals surface area contributed by atoms with Crippen LogP contribution in [0.25, 0.3) is 0 Å². The molecular weight excluding hydrogens is 280 g/mol. The molecule has 0 saturated heterocycles. The number of thioether (sulfide) groups is 1. The van der Waals surface area contributed by atoms with Gasteiger partial charge in [0.05, 0.1) is 0 Å². The molecule has 0 aliphatic heterocycles. The van der Waals surface area contributed by atoms with E-state index in [0.29, 0.717) is 12.0 Å². The predicted octanol–water partition coefficient (Wildman–Crippen LogP) is 4.12. The minimum atomic E-state index is 0.405. The molecule has 2 unspecified atom stereocenters. The average Bonchev–Trinajstić information content (AvgIpc) is 2.47. The minimum Gasteiger partial charge on any atom is -0.370 e. The van der Waals surface area contributed by atoms with Gasteiger partial charge < -0.3 is 10.6 Å². The Morgan fingerprint density at radius 2 is 2.05 bits per heavy atom. The van der Waals surface area contributed by atoms with Crippen LogP contribution in [0, 0.1) is 0 Å². The van der Waals surface area contributed by atoms with E-state index in [9.17, 15) is 0 Å². The molecule has 0 radical (unpaired) electrons. The Bertz CT molecular complexity index is 450. The summed E-state index contributed by atoms with van der Waals surface area (Å²) in [6.45, 7) is 7.39.